The fraction of sp³-hybridized carbons (Fsp3) is 0.286. The van der Waals surface area contributed by atoms with Gasteiger partial charge in [0.2, 0.25) is 0 Å². The third-order valence-electron chi connectivity index (χ3n) is 5.94. The number of benzene rings is 4. The normalized spacial score (nSPS) is 11.9. The van der Waals surface area contributed by atoms with Crippen LogP contribution in [0.25, 0.3) is 32.7 Å². The third-order valence-corrected chi connectivity index (χ3v) is 9.09. The molecule has 0 atom stereocenters. The average molecular weight is 414 g/mol. The summed E-state index contributed by atoms with van der Waals surface area (Å²) in [5.41, 5.74) is 5.37. The van der Waals surface area contributed by atoms with Gasteiger partial charge >= 0.3 is 0 Å². The van der Waals surface area contributed by atoms with Crippen molar-refractivity contribution in [2.45, 2.75) is 39.0 Å². The highest BCUT2D eigenvalue weighted by Gasteiger charge is 2.26. The van der Waals surface area contributed by atoms with Crippen LogP contribution in [0, 0.1) is 0 Å². The lowest BCUT2D eigenvalue weighted by atomic mass is 9.92. The predicted molar refractivity (Wildman–Crippen MR) is 138 cm³/mol. The number of hydrogen-bond donors (Lipinski definition) is 0. The van der Waals surface area contributed by atoms with Crippen molar-refractivity contribution >= 4 is 40.5 Å². The van der Waals surface area contributed by atoms with Gasteiger partial charge in [-0.15, -0.1) is 0 Å². The highest BCUT2D eigenvalue weighted by Crippen LogP contribution is 2.50. The van der Waals surface area contributed by atoms with Crippen LogP contribution >= 0.6 is 7.92 Å². The Morgan fingerprint density at radius 3 is 1.63 bits per heavy atom. The van der Waals surface area contributed by atoms with Gasteiger partial charge in [-0.3, -0.25) is 0 Å². The Morgan fingerprint density at radius 2 is 1.10 bits per heavy atom. The van der Waals surface area contributed by atoms with Crippen LogP contribution < -0.4 is 10.2 Å². The molecule has 1 nitrogen and oxygen atoms in total. The largest absolute Gasteiger partial charge is 0.377 e. The molecule has 2 heteroatoms. The molecule has 154 valence electrons. The molecule has 0 saturated heterocycles. The van der Waals surface area contributed by atoms with Gasteiger partial charge < -0.3 is 4.90 Å². The van der Waals surface area contributed by atoms with Crippen LogP contribution in [0.1, 0.15) is 27.7 Å². The highest BCUT2D eigenvalue weighted by molar-refractivity contribution is 7.67. The Bertz CT molecular complexity index is 1180. The SMILES string of the molecule is CC(C)P(c1ccc2ccccc2c1-c1c(N(C)C)ccc2ccccc12)C(C)C. The maximum atomic E-state index is 2.42. The maximum Gasteiger partial charge on any atom is 0.0447 e. The molecule has 0 aliphatic rings. The Kier molecular flexibility index (Phi) is 5.85. The lowest BCUT2D eigenvalue weighted by Gasteiger charge is -2.31. The second-order valence-corrected chi connectivity index (χ2v) is 12.2. The van der Waals surface area contributed by atoms with Crippen LogP contribution in [0.5, 0.6) is 0 Å². The first kappa shape index (κ1) is 20.9. The summed E-state index contributed by atoms with van der Waals surface area (Å²) in [5, 5.41) is 6.85. The van der Waals surface area contributed by atoms with Gasteiger partial charge in [0.1, 0.15) is 0 Å². The molecule has 0 amide bonds. The minimum Gasteiger partial charge on any atom is -0.377 e. The molecular formula is C28H32NP. The Labute approximate surface area is 182 Å². The van der Waals surface area contributed by atoms with Crippen LogP contribution in [0.3, 0.4) is 0 Å². The summed E-state index contributed by atoms with van der Waals surface area (Å²) in [6, 6.07) is 27.0. The summed E-state index contributed by atoms with van der Waals surface area (Å²) in [7, 11) is 4.02. The van der Waals surface area contributed by atoms with Gasteiger partial charge in [0, 0.05) is 25.3 Å². The lowest BCUT2D eigenvalue weighted by molar-refractivity contribution is 1.02. The molecular weight excluding hydrogens is 381 g/mol. The van der Waals surface area contributed by atoms with Gasteiger partial charge in [0.25, 0.3) is 0 Å². The molecule has 0 saturated carbocycles. The number of anilines is 1. The first-order valence-corrected chi connectivity index (χ1v) is 12.4. The Balaban J connectivity index is 2.21. The van der Waals surface area contributed by atoms with Crippen LogP contribution in [0.2, 0.25) is 0 Å². The van der Waals surface area contributed by atoms with Crippen molar-refractivity contribution in [1.29, 1.82) is 0 Å². The number of rotatable bonds is 5. The Morgan fingerprint density at radius 1 is 0.600 bits per heavy atom. The van der Waals surface area contributed by atoms with Crippen LogP contribution in [-0.2, 0) is 0 Å². The fourth-order valence-electron chi connectivity index (χ4n) is 4.79. The zero-order valence-electron chi connectivity index (χ0n) is 19.0. The summed E-state index contributed by atoms with van der Waals surface area (Å²) in [4.78, 5) is 2.26. The van der Waals surface area contributed by atoms with Crippen LogP contribution in [0.4, 0.5) is 5.69 Å². The van der Waals surface area contributed by atoms with Crippen molar-refractivity contribution < 1.29 is 0 Å². The van der Waals surface area contributed by atoms with E-state index in [1.807, 2.05) is 0 Å². The molecule has 0 aliphatic heterocycles. The summed E-state index contributed by atoms with van der Waals surface area (Å²) < 4.78 is 0. The molecule has 0 radical (unpaired) electrons. The van der Waals surface area contributed by atoms with E-state index in [4.69, 9.17) is 0 Å². The summed E-state index contributed by atoms with van der Waals surface area (Å²) in [6.07, 6.45) is 0. The molecule has 0 aliphatic carbocycles. The molecule has 0 heterocycles. The molecule has 4 aromatic carbocycles. The van der Waals surface area contributed by atoms with E-state index < -0.39 is 0 Å². The first-order valence-electron chi connectivity index (χ1n) is 10.9. The van der Waals surface area contributed by atoms with Gasteiger partial charge in [0.05, 0.1) is 0 Å². The van der Waals surface area contributed by atoms with E-state index >= 15 is 0 Å². The molecule has 4 aromatic rings. The minimum atomic E-state index is -0.297. The van der Waals surface area contributed by atoms with Gasteiger partial charge in [-0.05, 0) is 49.8 Å². The van der Waals surface area contributed by atoms with E-state index in [9.17, 15) is 0 Å². The molecule has 0 aromatic heterocycles. The topological polar surface area (TPSA) is 3.24 Å². The van der Waals surface area contributed by atoms with Crippen molar-refractivity contribution in [1.82, 2.24) is 0 Å². The van der Waals surface area contributed by atoms with Crippen LogP contribution in [0.15, 0.2) is 72.8 Å². The maximum absolute atomic E-state index is 2.42. The van der Waals surface area contributed by atoms with Gasteiger partial charge in [0.15, 0.2) is 0 Å². The highest BCUT2D eigenvalue weighted by atomic mass is 31.1. The second kappa shape index (κ2) is 8.40. The number of hydrogen-bond acceptors (Lipinski definition) is 1. The quantitative estimate of drug-likeness (QED) is 0.304. The van der Waals surface area contributed by atoms with E-state index in [-0.39, 0.29) is 7.92 Å². The monoisotopic (exact) mass is 413 g/mol. The zero-order chi connectivity index (χ0) is 21.4. The summed E-state index contributed by atoms with van der Waals surface area (Å²) >= 11 is 0. The molecule has 30 heavy (non-hydrogen) atoms. The fourth-order valence-corrected chi connectivity index (χ4v) is 7.83. The van der Waals surface area contributed by atoms with Gasteiger partial charge in [-0.25, -0.2) is 0 Å². The van der Waals surface area contributed by atoms with Crippen LogP contribution in [-0.4, -0.2) is 25.4 Å². The smallest absolute Gasteiger partial charge is 0.0447 e. The second-order valence-electron chi connectivity index (χ2n) is 8.85. The third kappa shape index (κ3) is 3.61. The van der Waals surface area contributed by atoms with E-state index in [2.05, 4.69) is 119 Å². The van der Waals surface area contributed by atoms with Crippen molar-refractivity contribution in [3.63, 3.8) is 0 Å². The van der Waals surface area contributed by atoms with Gasteiger partial charge in [-0.1, -0.05) is 102 Å². The standard InChI is InChI=1S/C28H32NP/c1-19(2)30(20(3)4)26-18-16-22-12-8-10-14-24(22)28(26)27-23-13-9-7-11-21(23)15-17-25(27)29(5)6/h7-20H,1-6H3. The zero-order valence-corrected chi connectivity index (χ0v) is 19.9. The molecule has 0 spiro atoms. The number of nitrogens with zero attached hydrogens (tertiary/aromatic N) is 1. The molecule has 0 fully saturated rings. The molecule has 0 bridgehead atoms. The minimum absolute atomic E-state index is 0.297. The van der Waals surface area contributed by atoms with E-state index in [0.717, 1.165) is 0 Å². The van der Waals surface area contributed by atoms with Crippen molar-refractivity contribution in [3.05, 3.63) is 72.8 Å². The lowest BCUT2D eigenvalue weighted by Crippen LogP contribution is -2.19. The number of fused-ring (bicyclic) bond motifs is 2. The predicted octanol–water partition coefficient (Wildman–Crippen LogP) is 7.65. The van der Waals surface area contributed by atoms with Crippen molar-refractivity contribution in [3.8, 4) is 11.1 Å². The summed E-state index contributed by atoms with van der Waals surface area (Å²) in [6.45, 7) is 9.56. The Hall–Kier alpha value is -2.37. The van der Waals surface area contributed by atoms with E-state index in [1.165, 1.54) is 43.7 Å². The summed E-state index contributed by atoms with van der Waals surface area (Å²) in [5.74, 6) is 0. The molecule has 4 rings (SSSR count). The van der Waals surface area contributed by atoms with Crippen molar-refractivity contribution in [2.24, 2.45) is 0 Å². The first-order chi connectivity index (χ1) is 14.4. The van der Waals surface area contributed by atoms with Gasteiger partial charge in [-0.2, -0.15) is 0 Å². The molecule has 0 N–H and O–H groups in total. The molecule has 0 unspecified atom stereocenters. The van der Waals surface area contributed by atoms with Crippen molar-refractivity contribution in [2.75, 3.05) is 19.0 Å². The van der Waals surface area contributed by atoms with E-state index in [0.29, 0.717) is 11.3 Å². The average Bonchev–Trinajstić information content (AvgIpc) is 2.72. The van der Waals surface area contributed by atoms with E-state index in [1.54, 1.807) is 0 Å².